The molecule has 0 saturated carbocycles. The molecular weight excluding hydrogens is 232 g/mol. The van der Waals surface area contributed by atoms with Gasteiger partial charge in [-0.1, -0.05) is 29.8 Å². The lowest BCUT2D eigenvalue weighted by Crippen LogP contribution is -2.24. The van der Waals surface area contributed by atoms with E-state index in [1.54, 1.807) is 0 Å². The van der Waals surface area contributed by atoms with Crippen molar-refractivity contribution in [3.63, 3.8) is 0 Å². The number of carboxylic acid groups (broad SMARTS) is 1. The number of carboxylic acids is 1. The number of rotatable bonds is 4. The third kappa shape index (κ3) is 7.57. The molecular formula is C14H20O4. The summed E-state index contributed by atoms with van der Waals surface area (Å²) in [7, 11) is 1.41. The Balaban J connectivity index is 0.000000631. The Kier molecular flexibility index (Phi) is 7.63. The molecule has 4 nitrogen and oxygen atoms in total. The summed E-state index contributed by atoms with van der Waals surface area (Å²) in [6.07, 6.45) is -0.343. The van der Waals surface area contributed by atoms with E-state index < -0.39 is 12.1 Å². The molecule has 0 saturated heterocycles. The lowest BCUT2D eigenvalue weighted by Gasteiger charge is -2.10. The molecule has 0 fully saturated rings. The molecule has 0 aliphatic rings. The number of Topliss-reactive ketones (excluding diaryl/α,β-unsaturated/α-hetero) is 1. The fourth-order valence-electron chi connectivity index (χ4n) is 1.32. The van der Waals surface area contributed by atoms with E-state index in [0.29, 0.717) is 6.42 Å². The van der Waals surface area contributed by atoms with Gasteiger partial charge in [0, 0.05) is 13.5 Å². The number of carbonyl (C=O) groups excluding carboxylic acids is 1. The summed E-state index contributed by atoms with van der Waals surface area (Å²) in [5.41, 5.74) is 2.11. The van der Waals surface area contributed by atoms with Gasteiger partial charge in [0.25, 0.3) is 0 Å². The number of ketones is 1. The Hall–Kier alpha value is -1.68. The number of hydrogen-bond acceptors (Lipinski definition) is 3. The minimum atomic E-state index is -0.922. The number of carbonyl (C=O) groups is 2. The van der Waals surface area contributed by atoms with Gasteiger partial charge in [0.05, 0.1) is 0 Å². The van der Waals surface area contributed by atoms with Crippen molar-refractivity contribution in [3.8, 4) is 0 Å². The Bertz CT molecular complexity index is 395. The van der Waals surface area contributed by atoms with Crippen LogP contribution in [0.25, 0.3) is 0 Å². The van der Waals surface area contributed by atoms with Crippen molar-refractivity contribution in [2.24, 2.45) is 0 Å². The number of aliphatic carboxylic acids is 1. The minimum absolute atomic E-state index is 0.167. The van der Waals surface area contributed by atoms with Gasteiger partial charge in [0.15, 0.2) is 6.10 Å². The second kappa shape index (κ2) is 8.42. The maximum absolute atomic E-state index is 10.7. The summed E-state index contributed by atoms with van der Waals surface area (Å²) < 4.78 is 4.86. The van der Waals surface area contributed by atoms with E-state index >= 15 is 0 Å². The first-order valence-electron chi connectivity index (χ1n) is 5.65. The highest BCUT2D eigenvalue weighted by Crippen LogP contribution is 2.08. The number of aryl methyl sites for hydroxylation is 1. The highest BCUT2D eigenvalue weighted by molar-refractivity contribution is 5.72. The highest BCUT2D eigenvalue weighted by atomic mass is 16.5. The lowest BCUT2D eigenvalue weighted by molar-refractivity contribution is -0.148. The predicted octanol–water partition coefficient (Wildman–Crippen LogP) is 2.23. The summed E-state index contributed by atoms with van der Waals surface area (Å²) >= 11 is 0. The molecule has 0 aromatic heterocycles. The van der Waals surface area contributed by atoms with Crippen molar-refractivity contribution in [1.82, 2.24) is 0 Å². The van der Waals surface area contributed by atoms with Crippen molar-refractivity contribution in [2.75, 3.05) is 7.11 Å². The molecule has 0 amide bonds. The molecule has 0 spiro atoms. The SMILES string of the molecule is CC(C)=O.COC(Cc1cccc(C)c1)C(=O)O. The van der Waals surface area contributed by atoms with E-state index in [1.807, 2.05) is 31.2 Å². The van der Waals surface area contributed by atoms with Crippen molar-refractivity contribution in [2.45, 2.75) is 33.3 Å². The monoisotopic (exact) mass is 252 g/mol. The summed E-state index contributed by atoms with van der Waals surface area (Å²) in [6, 6.07) is 7.77. The van der Waals surface area contributed by atoms with Crippen LogP contribution in [0.4, 0.5) is 0 Å². The molecule has 1 unspecified atom stereocenters. The van der Waals surface area contributed by atoms with Crippen LogP contribution in [0.2, 0.25) is 0 Å². The first-order chi connectivity index (χ1) is 8.36. The van der Waals surface area contributed by atoms with Crippen LogP contribution in [0.3, 0.4) is 0 Å². The fraction of sp³-hybridized carbons (Fsp3) is 0.429. The average Bonchev–Trinajstić information content (AvgIpc) is 2.24. The van der Waals surface area contributed by atoms with Gasteiger partial charge in [-0.25, -0.2) is 4.79 Å². The first kappa shape index (κ1) is 16.3. The number of methoxy groups -OCH3 is 1. The van der Waals surface area contributed by atoms with E-state index in [-0.39, 0.29) is 5.78 Å². The molecule has 1 N–H and O–H groups in total. The lowest BCUT2D eigenvalue weighted by atomic mass is 10.1. The van der Waals surface area contributed by atoms with Gasteiger partial charge < -0.3 is 14.6 Å². The summed E-state index contributed by atoms with van der Waals surface area (Å²) in [5, 5.41) is 8.78. The van der Waals surface area contributed by atoms with E-state index in [2.05, 4.69) is 0 Å². The molecule has 1 atom stereocenters. The molecule has 1 aromatic carbocycles. The third-order valence-electron chi connectivity index (χ3n) is 2.06. The molecule has 0 aliphatic carbocycles. The smallest absolute Gasteiger partial charge is 0.333 e. The largest absolute Gasteiger partial charge is 0.479 e. The van der Waals surface area contributed by atoms with Crippen LogP contribution in [0, 0.1) is 6.92 Å². The van der Waals surface area contributed by atoms with Crippen molar-refractivity contribution < 1.29 is 19.4 Å². The Morgan fingerprint density at radius 1 is 1.33 bits per heavy atom. The van der Waals surface area contributed by atoms with Crippen molar-refractivity contribution in [3.05, 3.63) is 35.4 Å². The fourth-order valence-corrected chi connectivity index (χ4v) is 1.32. The van der Waals surface area contributed by atoms with Crippen LogP contribution < -0.4 is 0 Å². The summed E-state index contributed by atoms with van der Waals surface area (Å²) in [5.74, 6) is -0.756. The van der Waals surface area contributed by atoms with E-state index in [1.165, 1.54) is 21.0 Å². The second-order valence-corrected chi connectivity index (χ2v) is 4.16. The van der Waals surface area contributed by atoms with Gasteiger partial charge in [-0.15, -0.1) is 0 Å². The number of hydrogen-bond donors (Lipinski definition) is 1. The normalized spacial score (nSPS) is 11.1. The molecule has 0 radical (unpaired) electrons. The van der Waals surface area contributed by atoms with Gasteiger partial charge in [0.2, 0.25) is 0 Å². The van der Waals surface area contributed by atoms with E-state index in [9.17, 15) is 9.59 Å². The van der Waals surface area contributed by atoms with Gasteiger partial charge in [-0.2, -0.15) is 0 Å². The first-order valence-corrected chi connectivity index (χ1v) is 5.65. The van der Waals surface area contributed by atoms with Gasteiger partial charge in [0.1, 0.15) is 5.78 Å². The van der Waals surface area contributed by atoms with Crippen LogP contribution in [-0.4, -0.2) is 30.1 Å². The molecule has 4 heteroatoms. The zero-order chi connectivity index (χ0) is 14.1. The number of benzene rings is 1. The van der Waals surface area contributed by atoms with Crippen LogP contribution in [0.15, 0.2) is 24.3 Å². The van der Waals surface area contributed by atoms with Crippen LogP contribution in [-0.2, 0) is 20.7 Å². The Labute approximate surface area is 108 Å². The van der Waals surface area contributed by atoms with Crippen LogP contribution >= 0.6 is 0 Å². The maximum Gasteiger partial charge on any atom is 0.333 e. The summed E-state index contributed by atoms with van der Waals surface area (Å²) in [4.78, 5) is 20.1. The third-order valence-corrected chi connectivity index (χ3v) is 2.06. The van der Waals surface area contributed by atoms with Gasteiger partial charge in [-0.05, 0) is 26.3 Å². The standard InChI is InChI=1S/C11H14O3.C3H6O/c1-8-4-3-5-9(6-8)7-10(14-2)11(12)13;1-3(2)4/h3-6,10H,7H2,1-2H3,(H,12,13);1-2H3. The van der Waals surface area contributed by atoms with Gasteiger partial charge in [-0.3, -0.25) is 0 Å². The Morgan fingerprint density at radius 2 is 1.89 bits per heavy atom. The van der Waals surface area contributed by atoms with Crippen LogP contribution in [0.5, 0.6) is 0 Å². The summed E-state index contributed by atoms with van der Waals surface area (Å²) in [6.45, 7) is 5.03. The van der Waals surface area contributed by atoms with E-state index in [4.69, 9.17) is 9.84 Å². The zero-order valence-electron chi connectivity index (χ0n) is 11.3. The maximum atomic E-state index is 10.7. The zero-order valence-corrected chi connectivity index (χ0v) is 11.3. The molecule has 0 bridgehead atoms. The minimum Gasteiger partial charge on any atom is -0.479 e. The molecule has 0 aliphatic heterocycles. The molecule has 18 heavy (non-hydrogen) atoms. The van der Waals surface area contributed by atoms with E-state index in [0.717, 1.165) is 11.1 Å². The second-order valence-electron chi connectivity index (χ2n) is 4.16. The molecule has 1 rings (SSSR count). The van der Waals surface area contributed by atoms with Gasteiger partial charge >= 0.3 is 5.97 Å². The molecule has 100 valence electrons. The predicted molar refractivity (Wildman–Crippen MR) is 69.7 cm³/mol. The number of ether oxygens (including phenoxy) is 1. The Morgan fingerprint density at radius 3 is 2.28 bits per heavy atom. The highest BCUT2D eigenvalue weighted by Gasteiger charge is 2.16. The van der Waals surface area contributed by atoms with Crippen LogP contribution in [0.1, 0.15) is 25.0 Å². The van der Waals surface area contributed by atoms with Crippen molar-refractivity contribution >= 4 is 11.8 Å². The molecule has 1 aromatic rings. The quantitative estimate of drug-likeness (QED) is 0.892. The average molecular weight is 252 g/mol. The topological polar surface area (TPSA) is 63.6 Å². The molecule has 0 heterocycles. The van der Waals surface area contributed by atoms with Crippen molar-refractivity contribution in [1.29, 1.82) is 0 Å².